The van der Waals surface area contributed by atoms with Gasteiger partial charge in [-0.2, -0.15) is 0 Å². The first-order valence-corrected chi connectivity index (χ1v) is 5.89. The fraction of sp³-hybridized carbons (Fsp3) is 0.286. The highest BCUT2D eigenvalue weighted by molar-refractivity contribution is 5.61. The van der Waals surface area contributed by atoms with Gasteiger partial charge in [0.2, 0.25) is 5.95 Å². The summed E-state index contributed by atoms with van der Waals surface area (Å²) in [5.74, 6) is 0.334. The van der Waals surface area contributed by atoms with Gasteiger partial charge in [0.1, 0.15) is 0 Å². The number of aryl methyl sites for hydroxylation is 2. The molecule has 88 valence electrons. The van der Waals surface area contributed by atoms with Gasteiger partial charge in [-0.1, -0.05) is 31.5 Å². The second kappa shape index (κ2) is 4.95. The van der Waals surface area contributed by atoms with Gasteiger partial charge in [0, 0.05) is 11.3 Å². The van der Waals surface area contributed by atoms with E-state index in [9.17, 15) is 0 Å². The maximum Gasteiger partial charge on any atom is 0.220 e. The van der Waals surface area contributed by atoms with Gasteiger partial charge in [-0.15, -0.1) is 0 Å². The van der Waals surface area contributed by atoms with Crippen LogP contribution in [0.25, 0.3) is 11.3 Å². The van der Waals surface area contributed by atoms with Crippen LogP contribution in [0.15, 0.2) is 30.3 Å². The summed E-state index contributed by atoms with van der Waals surface area (Å²) < 4.78 is 0. The third kappa shape index (κ3) is 2.81. The zero-order valence-electron chi connectivity index (χ0n) is 10.3. The Labute approximate surface area is 102 Å². The first kappa shape index (κ1) is 11.6. The predicted octanol–water partition coefficient (Wildman–Crippen LogP) is 2.99. The van der Waals surface area contributed by atoms with Gasteiger partial charge >= 0.3 is 0 Å². The minimum atomic E-state index is 0.334. The van der Waals surface area contributed by atoms with Crippen LogP contribution in [0.1, 0.15) is 24.6 Å². The quantitative estimate of drug-likeness (QED) is 0.877. The van der Waals surface area contributed by atoms with E-state index in [1.807, 2.05) is 13.0 Å². The van der Waals surface area contributed by atoms with Crippen molar-refractivity contribution in [1.82, 2.24) is 9.97 Å². The highest BCUT2D eigenvalue weighted by Gasteiger charge is 2.03. The Hall–Kier alpha value is -1.90. The van der Waals surface area contributed by atoms with E-state index in [-0.39, 0.29) is 0 Å². The summed E-state index contributed by atoms with van der Waals surface area (Å²) in [5, 5.41) is 0. The first-order valence-electron chi connectivity index (χ1n) is 5.89. The van der Waals surface area contributed by atoms with Crippen molar-refractivity contribution in [1.29, 1.82) is 0 Å². The summed E-state index contributed by atoms with van der Waals surface area (Å²) in [6, 6.07) is 10.4. The summed E-state index contributed by atoms with van der Waals surface area (Å²) in [4.78, 5) is 8.36. The molecule has 17 heavy (non-hydrogen) atoms. The summed E-state index contributed by atoms with van der Waals surface area (Å²) in [6.07, 6.45) is 2.24. The maximum absolute atomic E-state index is 5.67. The van der Waals surface area contributed by atoms with Crippen LogP contribution in [-0.2, 0) is 6.42 Å². The van der Waals surface area contributed by atoms with E-state index in [0.717, 1.165) is 29.8 Å². The molecular formula is C14H17N3. The molecular weight excluding hydrogens is 210 g/mol. The van der Waals surface area contributed by atoms with Gasteiger partial charge in [-0.05, 0) is 31.0 Å². The lowest BCUT2D eigenvalue weighted by atomic mass is 10.0. The molecule has 0 saturated carbocycles. The van der Waals surface area contributed by atoms with Crippen molar-refractivity contribution in [2.24, 2.45) is 0 Å². The predicted molar refractivity (Wildman–Crippen MR) is 70.6 cm³/mol. The second-order valence-corrected chi connectivity index (χ2v) is 4.20. The van der Waals surface area contributed by atoms with Crippen molar-refractivity contribution in [2.45, 2.75) is 26.7 Å². The van der Waals surface area contributed by atoms with E-state index < -0.39 is 0 Å². The first-order chi connectivity index (χ1) is 8.19. The molecule has 2 aromatic rings. The zero-order valence-corrected chi connectivity index (χ0v) is 10.3. The number of nitrogens with two attached hydrogens (primary N) is 1. The van der Waals surface area contributed by atoms with Crippen molar-refractivity contribution in [3.8, 4) is 11.3 Å². The van der Waals surface area contributed by atoms with Crippen LogP contribution in [0, 0.1) is 6.92 Å². The molecule has 3 heteroatoms. The molecule has 0 atom stereocenters. The van der Waals surface area contributed by atoms with Crippen LogP contribution in [0.2, 0.25) is 0 Å². The number of hydrogen-bond donors (Lipinski definition) is 1. The Morgan fingerprint density at radius 3 is 2.71 bits per heavy atom. The molecule has 1 aromatic heterocycles. The molecule has 0 bridgehead atoms. The van der Waals surface area contributed by atoms with Crippen molar-refractivity contribution >= 4 is 5.95 Å². The van der Waals surface area contributed by atoms with Gasteiger partial charge in [-0.3, -0.25) is 0 Å². The molecule has 0 radical (unpaired) electrons. The fourth-order valence-electron chi connectivity index (χ4n) is 1.91. The molecule has 0 amide bonds. The Morgan fingerprint density at radius 1 is 1.18 bits per heavy atom. The molecule has 0 spiro atoms. The van der Waals surface area contributed by atoms with Crippen LogP contribution in [0.5, 0.6) is 0 Å². The van der Waals surface area contributed by atoms with Gasteiger partial charge in [0.05, 0.1) is 5.69 Å². The minimum Gasteiger partial charge on any atom is -0.368 e. The Morgan fingerprint density at radius 2 is 2.00 bits per heavy atom. The molecule has 0 aliphatic carbocycles. The lowest BCUT2D eigenvalue weighted by Crippen LogP contribution is -1.98. The van der Waals surface area contributed by atoms with Crippen molar-refractivity contribution in [3.63, 3.8) is 0 Å². The number of benzene rings is 1. The summed E-state index contributed by atoms with van der Waals surface area (Å²) in [7, 11) is 0. The van der Waals surface area contributed by atoms with Crippen molar-refractivity contribution in [3.05, 3.63) is 41.6 Å². The summed E-state index contributed by atoms with van der Waals surface area (Å²) in [6.45, 7) is 4.11. The standard InChI is InChI=1S/C14H17N3/c1-3-5-11-6-4-7-12(9-11)13-8-10(2)16-14(15)17-13/h4,6-9H,3,5H2,1-2H3,(H2,15,16,17). The van der Waals surface area contributed by atoms with Gasteiger partial charge in [0.15, 0.2) is 0 Å². The van der Waals surface area contributed by atoms with Gasteiger partial charge < -0.3 is 5.73 Å². The number of nitrogens with zero attached hydrogens (tertiary/aromatic N) is 2. The number of nitrogen functional groups attached to an aromatic ring is 1. The van der Waals surface area contributed by atoms with Gasteiger partial charge in [-0.25, -0.2) is 9.97 Å². The third-order valence-corrected chi connectivity index (χ3v) is 2.63. The Kier molecular flexibility index (Phi) is 3.38. The van der Waals surface area contributed by atoms with Crippen LogP contribution < -0.4 is 5.73 Å². The monoisotopic (exact) mass is 227 g/mol. The lowest BCUT2D eigenvalue weighted by Gasteiger charge is -2.05. The number of aromatic nitrogens is 2. The van der Waals surface area contributed by atoms with Crippen LogP contribution in [0.3, 0.4) is 0 Å². The number of rotatable bonds is 3. The molecule has 1 heterocycles. The van der Waals surface area contributed by atoms with E-state index in [2.05, 4.69) is 41.2 Å². The minimum absolute atomic E-state index is 0.334. The maximum atomic E-state index is 5.67. The zero-order chi connectivity index (χ0) is 12.3. The van der Waals surface area contributed by atoms with Gasteiger partial charge in [0.25, 0.3) is 0 Å². The second-order valence-electron chi connectivity index (χ2n) is 4.20. The smallest absolute Gasteiger partial charge is 0.220 e. The number of anilines is 1. The molecule has 0 aliphatic heterocycles. The summed E-state index contributed by atoms with van der Waals surface area (Å²) in [5.41, 5.74) is 9.90. The van der Waals surface area contributed by atoms with E-state index >= 15 is 0 Å². The Balaban J connectivity index is 2.41. The lowest BCUT2D eigenvalue weighted by molar-refractivity contribution is 0.922. The number of hydrogen-bond acceptors (Lipinski definition) is 3. The fourth-order valence-corrected chi connectivity index (χ4v) is 1.91. The topological polar surface area (TPSA) is 51.8 Å². The van der Waals surface area contributed by atoms with Crippen LogP contribution in [0.4, 0.5) is 5.95 Å². The van der Waals surface area contributed by atoms with E-state index in [1.165, 1.54) is 5.56 Å². The highest BCUT2D eigenvalue weighted by atomic mass is 15.0. The average molecular weight is 227 g/mol. The van der Waals surface area contributed by atoms with E-state index in [4.69, 9.17) is 5.73 Å². The molecule has 1 aromatic carbocycles. The SMILES string of the molecule is CCCc1cccc(-c2cc(C)nc(N)n2)c1. The molecule has 0 saturated heterocycles. The third-order valence-electron chi connectivity index (χ3n) is 2.63. The van der Waals surface area contributed by atoms with Crippen molar-refractivity contribution < 1.29 is 0 Å². The average Bonchev–Trinajstić information content (AvgIpc) is 2.28. The molecule has 2 N–H and O–H groups in total. The van der Waals surface area contributed by atoms with E-state index in [1.54, 1.807) is 0 Å². The largest absolute Gasteiger partial charge is 0.368 e. The highest BCUT2D eigenvalue weighted by Crippen LogP contribution is 2.20. The van der Waals surface area contributed by atoms with Crippen LogP contribution in [-0.4, -0.2) is 9.97 Å². The molecule has 0 unspecified atom stereocenters. The molecule has 0 aliphatic rings. The Bertz CT molecular complexity index is 500. The molecule has 0 fully saturated rings. The normalized spacial score (nSPS) is 10.5. The van der Waals surface area contributed by atoms with E-state index in [0.29, 0.717) is 5.95 Å². The molecule has 3 nitrogen and oxygen atoms in total. The summed E-state index contributed by atoms with van der Waals surface area (Å²) >= 11 is 0. The van der Waals surface area contributed by atoms with Crippen molar-refractivity contribution in [2.75, 3.05) is 5.73 Å². The molecule has 2 rings (SSSR count). The van der Waals surface area contributed by atoms with Crippen LogP contribution >= 0.6 is 0 Å².